The number of aryl methyl sites for hydroxylation is 1. The molecule has 0 spiro atoms. The van der Waals surface area contributed by atoms with E-state index >= 15 is 0 Å². The first-order valence-electron chi connectivity index (χ1n) is 6.84. The average Bonchev–Trinajstić information content (AvgIpc) is 3.03. The van der Waals surface area contributed by atoms with Crippen molar-refractivity contribution in [1.29, 1.82) is 0 Å². The van der Waals surface area contributed by atoms with E-state index in [2.05, 4.69) is 0 Å². The fourth-order valence-electron chi connectivity index (χ4n) is 3.99. The van der Waals surface area contributed by atoms with E-state index in [0.29, 0.717) is 11.7 Å². The van der Waals surface area contributed by atoms with Gasteiger partial charge in [-0.05, 0) is 43.9 Å². The van der Waals surface area contributed by atoms with Crippen LogP contribution in [0.25, 0.3) is 0 Å². The van der Waals surface area contributed by atoms with Gasteiger partial charge in [-0.3, -0.25) is 4.79 Å². The van der Waals surface area contributed by atoms with Crippen LogP contribution in [0.5, 0.6) is 0 Å². The fraction of sp³-hybridized carbons (Fsp3) is 0.714. The van der Waals surface area contributed by atoms with Crippen LogP contribution >= 0.6 is 11.3 Å². The highest BCUT2D eigenvalue weighted by Gasteiger charge is 2.42. The van der Waals surface area contributed by atoms with E-state index in [4.69, 9.17) is 4.98 Å². The van der Waals surface area contributed by atoms with Gasteiger partial charge in [-0.2, -0.15) is 0 Å². The van der Waals surface area contributed by atoms with Crippen LogP contribution in [-0.2, 0) is 6.42 Å². The first-order valence-corrected chi connectivity index (χ1v) is 7.65. The van der Waals surface area contributed by atoms with Gasteiger partial charge in [0, 0.05) is 12.3 Å². The molecule has 0 amide bonds. The van der Waals surface area contributed by atoms with Crippen LogP contribution in [0.4, 0.5) is 0 Å². The van der Waals surface area contributed by atoms with Crippen molar-refractivity contribution in [3.05, 3.63) is 15.6 Å². The molecule has 2 nitrogen and oxygen atoms in total. The number of rotatable bonds is 1. The molecule has 3 aliphatic carbocycles. The average molecular weight is 247 g/mol. The van der Waals surface area contributed by atoms with Gasteiger partial charge in [0.2, 0.25) is 0 Å². The number of fused-ring (bicyclic) bond motifs is 3. The van der Waals surface area contributed by atoms with Crippen molar-refractivity contribution < 1.29 is 4.79 Å². The maximum Gasteiger partial charge on any atom is 0.174 e. The van der Waals surface area contributed by atoms with E-state index in [9.17, 15) is 4.79 Å². The zero-order valence-corrected chi connectivity index (χ0v) is 10.8. The van der Waals surface area contributed by atoms with E-state index < -0.39 is 0 Å². The lowest BCUT2D eigenvalue weighted by molar-refractivity contribution is 0.0976. The third-order valence-electron chi connectivity index (χ3n) is 4.84. The lowest BCUT2D eigenvalue weighted by atomic mass is 9.89. The summed E-state index contributed by atoms with van der Waals surface area (Å²) in [6, 6.07) is 0. The number of aromatic nitrogens is 1. The molecule has 3 aliphatic rings. The Hall–Kier alpha value is -0.700. The van der Waals surface area contributed by atoms with Gasteiger partial charge in [0.15, 0.2) is 5.78 Å². The van der Waals surface area contributed by atoms with Gasteiger partial charge in [0.25, 0.3) is 0 Å². The molecule has 17 heavy (non-hydrogen) atoms. The number of nitrogens with zero attached hydrogens (tertiary/aromatic N) is 1. The molecule has 1 heterocycles. The van der Waals surface area contributed by atoms with E-state index in [-0.39, 0.29) is 0 Å². The minimum atomic E-state index is 0.346. The Bertz CT molecular complexity index is 479. The Morgan fingerprint density at radius 2 is 2.12 bits per heavy atom. The molecule has 2 bridgehead atoms. The highest BCUT2D eigenvalue weighted by Crippen LogP contribution is 2.53. The molecule has 2 fully saturated rings. The Labute approximate surface area is 105 Å². The lowest BCUT2D eigenvalue weighted by Crippen LogP contribution is -2.09. The van der Waals surface area contributed by atoms with Crippen molar-refractivity contribution >= 4 is 17.1 Å². The molecule has 3 atom stereocenters. The first-order chi connectivity index (χ1) is 8.31. The maximum absolute atomic E-state index is 11.8. The van der Waals surface area contributed by atoms with Gasteiger partial charge in [-0.15, -0.1) is 11.3 Å². The zero-order chi connectivity index (χ0) is 11.4. The molecule has 3 heteroatoms. The predicted molar refractivity (Wildman–Crippen MR) is 67.6 cm³/mol. The Kier molecular flexibility index (Phi) is 2.20. The van der Waals surface area contributed by atoms with Crippen LogP contribution in [0.1, 0.15) is 64.8 Å². The van der Waals surface area contributed by atoms with Crippen LogP contribution in [0.2, 0.25) is 0 Å². The monoisotopic (exact) mass is 247 g/mol. The van der Waals surface area contributed by atoms with Crippen LogP contribution < -0.4 is 0 Å². The van der Waals surface area contributed by atoms with E-state index in [0.717, 1.165) is 41.7 Å². The van der Waals surface area contributed by atoms with E-state index in [1.807, 2.05) is 0 Å². The van der Waals surface area contributed by atoms with Gasteiger partial charge in [-0.25, -0.2) is 4.98 Å². The maximum atomic E-state index is 11.8. The third kappa shape index (κ3) is 1.51. The van der Waals surface area contributed by atoms with Crippen molar-refractivity contribution in [3.8, 4) is 0 Å². The second kappa shape index (κ2) is 3.64. The number of carbonyl (C=O) groups is 1. The second-order valence-electron chi connectivity index (χ2n) is 5.89. The Balaban J connectivity index is 1.69. The lowest BCUT2D eigenvalue weighted by Gasteiger charge is -2.18. The van der Waals surface area contributed by atoms with Crippen molar-refractivity contribution in [1.82, 2.24) is 4.98 Å². The summed E-state index contributed by atoms with van der Waals surface area (Å²) in [5.74, 6) is 2.87. The molecule has 0 radical (unpaired) electrons. The number of hydrogen-bond donors (Lipinski definition) is 0. The number of ketones is 1. The van der Waals surface area contributed by atoms with E-state index in [1.54, 1.807) is 11.3 Å². The summed E-state index contributed by atoms with van der Waals surface area (Å²) in [7, 11) is 0. The van der Waals surface area contributed by atoms with Crippen molar-refractivity contribution in [3.63, 3.8) is 0 Å². The quantitative estimate of drug-likeness (QED) is 0.759. The molecular weight excluding hydrogens is 230 g/mol. The van der Waals surface area contributed by atoms with Crippen molar-refractivity contribution in [2.75, 3.05) is 0 Å². The molecule has 1 aromatic rings. The van der Waals surface area contributed by atoms with Crippen LogP contribution in [0, 0.1) is 11.8 Å². The normalized spacial score (nSPS) is 35.3. The van der Waals surface area contributed by atoms with Crippen molar-refractivity contribution in [2.24, 2.45) is 11.8 Å². The third-order valence-corrected chi connectivity index (χ3v) is 6.11. The summed E-state index contributed by atoms with van der Waals surface area (Å²) in [5, 5.41) is 1.29. The Morgan fingerprint density at radius 3 is 2.82 bits per heavy atom. The highest BCUT2D eigenvalue weighted by atomic mass is 32.1. The summed E-state index contributed by atoms with van der Waals surface area (Å²) in [4.78, 5) is 17.6. The largest absolute Gasteiger partial charge is 0.293 e. The molecule has 0 saturated heterocycles. The van der Waals surface area contributed by atoms with Crippen LogP contribution in [0.3, 0.4) is 0 Å². The van der Waals surface area contributed by atoms with Gasteiger partial charge in [0.05, 0.1) is 15.6 Å². The van der Waals surface area contributed by atoms with Crippen LogP contribution in [0.15, 0.2) is 0 Å². The molecule has 0 N–H and O–H groups in total. The van der Waals surface area contributed by atoms with E-state index in [1.165, 1.54) is 30.7 Å². The minimum absolute atomic E-state index is 0.346. The summed E-state index contributed by atoms with van der Waals surface area (Å²) in [6.45, 7) is 0. The fourth-order valence-corrected chi connectivity index (χ4v) is 5.28. The molecule has 1 aromatic heterocycles. The van der Waals surface area contributed by atoms with Gasteiger partial charge >= 0.3 is 0 Å². The first kappa shape index (κ1) is 10.2. The number of Topliss-reactive ketones (excluding diaryl/α,β-unsaturated/α-hetero) is 1. The Morgan fingerprint density at radius 1 is 1.18 bits per heavy atom. The highest BCUT2D eigenvalue weighted by molar-refractivity contribution is 7.14. The summed E-state index contributed by atoms with van der Waals surface area (Å²) < 4.78 is 0. The smallest absolute Gasteiger partial charge is 0.174 e. The van der Waals surface area contributed by atoms with Crippen molar-refractivity contribution in [2.45, 2.75) is 50.9 Å². The molecule has 0 aliphatic heterocycles. The number of carbonyl (C=O) groups excluding carboxylic acids is 1. The predicted octanol–water partition coefficient (Wildman–Crippen LogP) is 3.57. The summed E-state index contributed by atoms with van der Waals surface area (Å²) >= 11 is 1.72. The molecule has 4 rings (SSSR count). The topological polar surface area (TPSA) is 30.0 Å². The second-order valence-corrected chi connectivity index (χ2v) is 6.92. The molecule has 2 saturated carbocycles. The van der Waals surface area contributed by atoms with Gasteiger partial charge < -0.3 is 0 Å². The van der Waals surface area contributed by atoms with Gasteiger partial charge in [0.1, 0.15) is 0 Å². The zero-order valence-electron chi connectivity index (χ0n) is 9.95. The summed E-state index contributed by atoms with van der Waals surface area (Å²) in [5.41, 5.74) is 1.11. The molecule has 0 aromatic carbocycles. The SMILES string of the molecule is O=C1CCCc2nc(C3CC4CCC3C4)sc21. The standard InChI is InChI=1S/C14H17NOS/c16-12-3-1-2-11-13(12)17-14(15-11)10-7-8-4-5-9(10)6-8/h8-10H,1-7H2. The molecule has 90 valence electrons. The molecule has 3 unspecified atom stereocenters. The van der Waals surface area contributed by atoms with Gasteiger partial charge in [-0.1, -0.05) is 6.42 Å². The minimum Gasteiger partial charge on any atom is -0.293 e. The summed E-state index contributed by atoms with van der Waals surface area (Å²) in [6.07, 6.45) is 8.36. The number of hydrogen-bond acceptors (Lipinski definition) is 3. The molecular formula is C14H17NOS. The number of thiazole rings is 1. The van der Waals surface area contributed by atoms with Crippen LogP contribution in [-0.4, -0.2) is 10.8 Å².